The van der Waals surface area contributed by atoms with Crippen LogP contribution >= 0.6 is 11.6 Å². The van der Waals surface area contributed by atoms with Gasteiger partial charge in [0.25, 0.3) is 0 Å². The van der Waals surface area contributed by atoms with Crippen LogP contribution in [0, 0.1) is 0 Å². The normalized spacial score (nSPS) is 16.6. The van der Waals surface area contributed by atoms with Crippen molar-refractivity contribution in [1.82, 2.24) is 0 Å². The number of ketones is 1. The van der Waals surface area contributed by atoms with Crippen LogP contribution in [0.2, 0.25) is 5.02 Å². The van der Waals surface area contributed by atoms with Crippen LogP contribution in [0.4, 0.5) is 0 Å². The number of ether oxygens (including phenoxy) is 1. The van der Waals surface area contributed by atoms with Crippen molar-refractivity contribution in [3.63, 3.8) is 0 Å². The first-order chi connectivity index (χ1) is 10.5. The molecule has 1 aliphatic carbocycles. The second-order valence-electron chi connectivity index (χ2n) is 5.57. The Morgan fingerprint density at radius 3 is 2.45 bits per heavy atom. The van der Waals surface area contributed by atoms with E-state index >= 15 is 0 Å². The van der Waals surface area contributed by atoms with Crippen LogP contribution in [-0.4, -0.2) is 12.9 Å². The van der Waals surface area contributed by atoms with E-state index in [1.807, 2.05) is 25.1 Å². The maximum atomic E-state index is 12.9. The lowest BCUT2D eigenvalue weighted by Gasteiger charge is -2.09. The van der Waals surface area contributed by atoms with Crippen molar-refractivity contribution in [2.45, 2.75) is 19.8 Å². The Kier molecular flexibility index (Phi) is 3.79. The number of carbonyl (C=O) groups is 1. The molecule has 0 heterocycles. The Labute approximate surface area is 135 Å². The number of fused-ring (bicyclic) bond motifs is 1. The first-order valence-corrected chi connectivity index (χ1v) is 7.60. The van der Waals surface area contributed by atoms with Crippen molar-refractivity contribution in [3.05, 3.63) is 69.8 Å². The molecule has 2 aromatic rings. The molecule has 22 heavy (non-hydrogen) atoms. The molecule has 0 radical (unpaired) electrons. The van der Waals surface area contributed by atoms with Crippen molar-refractivity contribution in [2.24, 2.45) is 0 Å². The SMILES string of the molecule is COc1ccc2c(c1)C(C)C(C)=C2C(=O)c1ccc(Cl)cc1. The Hall–Kier alpha value is -2.06. The molecule has 0 bridgehead atoms. The van der Waals surface area contributed by atoms with E-state index in [1.54, 1.807) is 31.4 Å². The lowest BCUT2D eigenvalue weighted by Crippen LogP contribution is -2.02. The molecule has 1 atom stereocenters. The van der Waals surface area contributed by atoms with Crippen LogP contribution in [0.1, 0.15) is 41.3 Å². The van der Waals surface area contributed by atoms with Gasteiger partial charge in [-0.3, -0.25) is 4.79 Å². The molecule has 0 saturated carbocycles. The molecule has 0 spiro atoms. The minimum absolute atomic E-state index is 0.0462. The average molecular weight is 313 g/mol. The fraction of sp³-hybridized carbons (Fsp3) is 0.211. The van der Waals surface area contributed by atoms with Crippen LogP contribution in [-0.2, 0) is 0 Å². The third-order valence-corrected chi connectivity index (χ3v) is 4.62. The number of methoxy groups -OCH3 is 1. The van der Waals surface area contributed by atoms with Gasteiger partial charge in [-0.05, 0) is 54.4 Å². The van der Waals surface area contributed by atoms with Gasteiger partial charge in [-0.2, -0.15) is 0 Å². The summed E-state index contributed by atoms with van der Waals surface area (Å²) < 4.78 is 5.30. The molecule has 3 rings (SSSR count). The third-order valence-electron chi connectivity index (χ3n) is 4.37. The van der Waals surface area contributed by atoms with E-state index in [0.717, 1.165) is 28.0 Å². The van der Waals surface area contributed by atoms with Crippen molar-refractivity contribution in [1.29, 1.82) is 0 Å². The van der Waals surface area contributed by atoms with Crippen LogP contribution in [0.3, 0.4) is 0 Å². The van der Waals surface area contributed by atoms with Gasteiger partial charge in [-0.25, -0.2) is 0 Å². The Balaban J connectivity index is 2.08. The highest BCUT2D eigenvalue weighted by Crippen LogP contribution is 2.44. The maximum absolute atomic E-state index is 12.9. The van der Waals surface area contributed by atoms with Gasteiger partial charge in [0, 0.05) is 22.1 Å². The van der Waals surface area contributed by atoms with E-state index in [1.165, 1.54) is 0 Å². The fourth-order valence-corrected chi connectivity index (χ4v) is 3.09. The monoisotopic (exact) mass is 312 g/mol. The summed E-state index contributed by atoms with van der Waals surface area (Å²) in [5.74, 6) is 1.08. The van der Waals surface area contributed by atoms with Gasteiger partial charge in [-0.1, -0.05) is 30.2 Å². The lowest BCUT2D eigenvalue weighted by molar-refractivity contribution is 0.105. The van der Waals surface area contributed by atoms with E-state index in [2.05, 4.69) is 6.92 Å². The van der Waals surface area contributed by atoms with Crippen LogP contribution in [0.25, 0.3) is 5.57 Å². The second-order valence-corrected chi connectivity index (χ2v) is 6.01. The summed E-state index contributed by atoms with van der Waals surface area (Å²) in [5.41, 5.74) is 4.71. The quantitative estimate of drug-likeness (QED) is 0.735. The zero-order valence-corrected chi connectivity index (χ0v) is 13.6. The van der Waals surface area contributed by atoms with Gasteiger partial charge in [0.2, 0.25) is 0 Å². The number of rotatable bonds is 3. The number of hydrogen-bond donors (Lipinski definition) is 0. The van der Waals surface area contributed by atoms with Crippen LogP contribution in [0.15, 0.2) is 48.0 Å². The molecule has 112 valence electrons. The molecular weight excluding hydrogens is 296 g/mol. The van der Waals surface area contributed by atoms with Crippen LogP contribution < -0.4 is 4.74 Å². The first-order valence-electron chi connectivity index (χ1n) is 7.22. The van der Waals surface area contributed by atoms with Gasteiger partial charge >= 0.3 is 0 Å². The molecule has 1 aliphatic rings. The summed E-state index contributed by atoms with van der Waals surface area (Å²) in [6.07, 6.45) is 0. The Morgan fingerprint density at radius 2 is 1.82 bits per heavy atom. The minimum atomic E-state index is 0.0462. The van der Waals surface area contributed by atoms with E-state index in [4.69, 9.17) is 16.3 Å². The average Bonchev–Trinajstić information content (AvgIpc) is 2.78. The molecule has 0 aliphatic heterocycles. The number of Topliss-reactive ketones (excluding diaryl/α,β-unsaturated/α-hetero) is 1. The molecule has 0 fully saturated rings. The third kappa shape index (κ3) is 2.34. The molecule has 0 amide bonds. The standard InChI is InChI=1S/C19H17ClO2/c1-11-12(2)18(16-9-8-15(22-3)10-17(11)16)19(21)13-4-6-14(20)7-5-13/h4-11H,1-3H3. The van der Waals surface area contributed by atoms with E-state index < -0.39 is 0 Å². The van der Waals surface area contributed by atoms with E-state index in [9.17, 15) is 4.79 Å². The largest absolute Gasteiger partial charge is 0.497 e. The molecule has 1 unspecified atom stereocenters. The maximum Gasteiger partial charge on any atom is 0.193 e. The molecule has 0 aromatic heterocycles. The predicted molar refractivity (Wildman–Crippen MR) is 89.8 cm³/mol. The van der Waals surface area contributed by atoms with Crippen LogP contribution in [0.5, 0.6) is 5.75 Å². The predicted octanol–water partition coefficient (Wildman–Crippen LogP) is 5.12. The molecule has 3 heteroatoms. The smallest absolute Gasteiger partial charge is 0.193 e. The van der Waals surface area contributed by atoms with Crippen molar-refractivity contribution in [3.8, 4) is 5.75 Å². The second kappa shape index (κ2) is 5.62. The Morgan fingerprint density at radius 1 is 1.14 bits per heavy atom. The van der Waals surface area contributed by atoms with E-state index in [-0.39, 0.29) is 11.7 Å². The molecular formula is C19H17ClO2. The molecule has 0 N–H and O–H groups in total. The summed E-state index contributed by atoms with van der Waals surface area (Å²) in [6.45, 7) is 4.15. The van der Waals surface area contributed by atoms with Gasteiger partial charge in [-0.15, -0.1) is 0 Å². The van der Waals surface area contributed by atoms with Crippen molar-refractivity contribution < 1.29 is 9.53 Å². The molecule has 0 saturated heterocycles. The topological polar surface area (TPSA) is 26.3 Å². The fourth-order valence-electron chi connectivity index (χ4n) is 2.96. The molecule has 2 nitrogen and oxygen atoms in total. The summed E-state index contributed by atoms with van der Waals surface area (Å²) in [7, 11) is 1.65. The van der Waals surface area contributed by atoms with Gasteiger partial charge in [0.1, 0.15) is 5.75 Å². The number of hydrogen-bond acceptors (Lipinski definition) is 2. The number of allylic oxidation sites excluding steroid dienone is 2. The van der Waals surface area contributed by atoms with E-state index in [0.29, 0.717) is 10.6 Å². The summed E-state index contributed by atoms with van der Waals surface area (Å²) >= 11 is 5.91. The van der Waals surface area contributed by atoms with Crippen molar-refractivity contribution in [2.75, 3.05) is 7.11 Å². The minimum Gasteiger partial charge on any atom is -0.497 e. The zero-order valence-electron chi connectivity index (χ0n) is 12.8. The lowest BCUT2D eigenvalue weighted by atomic mass is 9.96. The summed E-state index contributed by atoms with van der Waals surface area (Å²) in [4.78, 5) is 12.9. The summed E-state index contributed by atoms with van der Waals surface area (Å²) in [6, 6.07) is 12.9. The van der Waals surface area contributed by atoms with Crippen molar-refractivity contribution >= 4 is 23.0 Å². The number of halogens is 1. The number of carbonyl (C=O) groups excluding carboxylic acids is 1. The zero-order chi connectivity index (χ0) is 15.9. The highest BCUT2D eigenvalue weighted by Gasteiger charge is 2.30. The number of benzene rings is 2. The Bertz CT molecular complexity index is 773. The highest BCUT2D eigenvalue weighted by atomic mass is 35.5. The molecule has 2 aromatic carbocycles. The van der Waals surface area contributed by atoms with Gasteiger partial charge in [0.05, 0.1) is 7.11 Å². The highest BCUT2D eigenvalue weighted by molar-refractivity contribution is 6.32. The van der Waals surface area contributed by atoms with Gasteiger partial charge in [0.15, 0.2) is 5.78 Å². The first kappa shape index (κ1) is 14.9. The summed E-state index contributed by atoms with van der Waals surface area (Å²) in [5, 5.41) is 0.632. The van der Waals surface area contributed by atoms with Gasteiger partial charge < -0.3 is 4.74 Å².